The van der Waals surface area contributed by atoms with Crippen molar-refractivity contribution in [1.29, 1.82) is 0 Å². The summed E-state index contributed by atoms with van der Waals surface area (Å²) in [6.45, 7) is 2.03. The van der Waals surface area contributed by atoms with Gasteiger partial charge in [0.2, 0.25) is 11.1 Å². The fourth-order valence-corrected chi connectivity index (χ4v) is 3.32. The summed E-state index contributed by atoms with van der Waals surface area (Å²) in [5, 5.41) is 16.0. The van der Waals surface area contributed by atoms with E-state index in [1.807, 2.05) is 43.3 Å². The van der Waals surface area contributed by atoms with Crippen molar-refractivity contribution in [1.82, 2.24) is 19.8 Å². The van der Waals surface area contributed by atoms with E-state index in [1.54, 1.807) is 16.6 Å². The molecule has 0 fully saturated rings. The number of aryl methyl sites for hydroxylation is 1. The Hall–Kier alpha value is -3.26. The molecule has 1 amide bonds. The average Bonchev–Trinajstić information content (AvgIpc) is 3.09. The number of fused-ring (bicyclic) bond motifs is 1. The summed E-state index contributed by atoms with van der Waals surface area (Å²) in [5.74, 6) is -0.558. The lowest BCUT2D eigenvalue weighted by Gasteiger charge is -2.05. The van der Waals surface area contributed by atoms with Crippen LogP contribution in [0.3, 0.4) is 0 Å². The van der Waals surface area contributed by atoms with Crippen molar-refractivity contribution in [3.63, 3.8) is 0 Å². The number of aromatic nitrogens is 4. The average molecular weight is 393 g/mol. The zero-order valence-electron chi connectivity index (χ0n) is 15.0. The van der Waals surface area contributed by atoms with E-state index in [9.17, 15) is 9.18 Å². The minimum atomic E-state index is -0.401. The summed E-state index contributed by atoms with van der Waals surface area (Å²) in [5.41, 5.74) is 3.97. The minimum absolute atomic E-state index is 0.105. The number of hydrogen-bond acceptors (Lipinski definition) is 5. The van der Waals surface area contributed by atoms with Crippen LogP contribution < -0.4 is 5.32 Å². The first-order valence-corrected chi connectivity index (χ1v) is 9.55. The second-order valence-electron chi connectivity index (χ2n) is 6.18. The topological polar surface area (TPSA) is 72.2 Å². The molecule has 0 bridgehead atoms. The fourth-order valence-electron chi connectivity index (χ4n) is 2.63. The molecule has 0 unspecified atom stereocenters. The SMILES string of the molecule is Cc1ccc(-c2ccc3nnc(SCC(=O)Nc4cccc(F)c4)n3n2)cc1. The van der Waals surface area contributed by atoms with Gasteiger partial charge in [-0.15, -0.1) is 10.2 Å². The maximum atomic E-state index is 13.2. The summed E-state index contributed by atoms with van der Waals surface area (Å²) in [6, 6.07) is 17.6. The van der Waals surface area contributed by atoms with Gasteiger partial charge in [-0.25, -0.2) is 4.39 Å². The molecule has 0 saturated heterocycles. The van der Waals surface area contributed by atoms with Gasteiger partial charge < -0.3 is 5.32 Å². The number of amides is 1. The van der Waals surface area contributed by atoms with Gasteiger partial charge in [-0.1, -0.05) is 47.7 Å². The molecule has 0 radical (unpaired) electrons. The van der Waals surface area contributed by atoms with Gasteiger partial charge in [0.15, 0.2) is 5.65 Å². The Bertz CT molecular complexity index is 1140. The van der Waals surface area contributed by atoms with Crippen LogP contribution in [0.25, 0.3) is 16.9 Å². The van der Waals surface area contributed by atoms with Gasteiger partial charge in [-0.05, 0) is 37.3 Å². The van der Waals surface area contributed by atoms with Crippen LogP contribution in [0.2, 0.25) is 0 Å². The summed E-state index contributed by atoms with van der Waals surface area (Å²) >= 11 is 1.22. The van der Waals surface area contributed by atoms with Crippen LogP contribution in [0.15, 0.2) is 65.8 Å². The van der Waals surface area contributed by atoms with E-state index in [-0.39, 0.29) is 11.7 Å². The molecule has 28 heavy (non-hydrogen) atoms. The van der Waals surface area contributed by atoms with E-state index < -0.39 is 5.82 Å². The molecule has 4 aromatic rings. The highest BCUT2D eigenvalue weighted by Crippen LogP contribution is 2.21. The number of thioether (sulfide) groups is 1. The van der Waals surface area contributed by atoms with Gasteiger partial charge in [0.25, 0.3) is 0 Å². The van der Waals surface area contributed by atoms with Crippen LogP contribution in [-0.2, 0) is 4.79 Å². The maximum Gasteiger partial charge on any atom is 0.234 e. The van der Waals surface area contributed by atoms with Crippen LogP contribution in [-0.4, -0.2) is 31.5 Å². The van der Waals surface area contributed by atoms with E-state index >= 15 is 0 Å². The lowest BCUT2D eigenvalue weighted by atomic mass is 10.1. The molecule has 0 aliphatic heterocycles. The number of hydrogen-bond donors (Lipinski definition) is 1. The quantitative estimate of drug-likeness (QED) is 0.520. The molecule has 0 spiro atoms. The second kappa shape index (κ2) is 7.77. The van der Waals surface area contributed by atoms with Crippen molar-refractivity contribution in [3.05, 3.63) is 72.0 Å². The van der Waals surface area contributed by atoms with Crippen LogP contribution in [0, 0.1) is 12.7 Å². The molecule has 2 aromatic carbocycles. The van der Waals surface area contributed by atoms with E-state index in [0.29, 0.717) is 16.5 Å². The van der Waals surface area contributed by atoms with E-state index in [2.05, 4.69) is 20.6 Å². The number of carbonyl (C=O) groups excluding carboxylic acids is 1. The molecule has 4 rings (SSSR count). The first kappa shape index (κ1) is 18.1. The fraction of sp³-hybridized carbons (Fsp3) is 0.100. The number of anilines is 1. The second-order valence-corrected chi connectivity index (χ2v) is 7.13. The summed E-state index contributed by atoms with van der Waals surface area (Å²) in [6.07, 6.45) is 0. The molecule has 0 aliphatic carbocycles. The Balaban J connectivity index is 1.50. The zero-order chi connectivity index (χ0) is 19.5. The molecule has 1 N–H and O–H groups in total. The van der Waals surface area contributed by atoms with Gasteiger partial charge in [-0.2, -0.15) is 9.61 Å². The standard InChI is InChI=1S/C20H16FN5OS/c1-13-5-7-14(8-6-13)17-9-10-18-23-24-20(26(18)25-17)28-12-19(27)22-16-4-2-3-15(21)11-16/h2-11H,12H2,1H3,(H,22,27). The lowest BCUT2D eigenvalue weighted by Crippen LogP contribution is -2.14. The first-order valence-electron chi connectivity index (χ1n) is 8.56. The molecule has 0 atom stereocenters. The van der Waals surface area contributed by atoms with Crippen LogP contribution >= 0.6 is 11.8 Å². The van der Waals surface area contributed by atoms with Crippen molar-refractivity contribution in [2.45, 2.75) is 12.1 Å². The first-order chi connectivity index (χ1) is 13.6. The smallest absolute Gasteiger partial charge is 0.234 e. The minimum Gasteiger partial charge on any atom is -0.325 e. The predicted molar refractivity (Wildman–Crippen MR) is 107 cm³/mol. The van der Waals surface area contributed by atoms with Crippen LogP contribution in [0.1, 0.15) is 5.56 Å². The summed E-state index contributed by atoms with van der Waals surface area (Å²) in [7, 11) is 0. The van der Waals surface area contributed by atoms with Crippen molar-refractivity contribution in [3.8, 4) is 11.3 Å². The number of halogens is 1. The highest BCUT2D eigenvalue weighted by atomic mass is 32.2. The van der Waals surface area contributed by atoms with E-state index in [1.165, 1.54) is 29.5 Å². The zero-order valence-corrected chi connectivity index (χ0v) is 15.8. The van der Waals surface area contributed by atoms with Crippen molar-refractivity contribution >= 4 is 29.0 Å². The molecule has 6 nitrogen and oxygen atoms in total. The molecular weight excluding hydrogens is 377 g/mol. The molecule has 8 heteroatoms. The Labute approximate surface area is 164 Å². The van der Waals surface area contributed by atoms with Crippen molar-refractivity contribution in [2.75, 3.05) is 11.1 Å². The Kier molecular flexibility index (Phi) is 5.03. The number of nitrogens with one attached hydrogen (secondary N) is 1. The highest BCUT2D eigenvalue weighted by Gasteiger charge is 2.12. The molecular formula is C20H16FN5OS. The van der Waals surface area contributed by atoms with Crippen molar-refractivity contribution < 1.29 is 9.18 Å². The molecule has 2 aromatic heterocycles. The van der Waals surface area contributed by atoms with Gasteiger partial charge >= 0.3 is 0 Å². The number of carbonyl (C=O) groups is 1. The molecule has 0 aliphatic rings. The number of rotatable bonds is 5. The van der Waals surface area contributed by atoms with Crippen LogP contribution in [0.4, 0.5) is 10.1 Å². The number of nitrogens with zero attached hydrogens (tertiary/aromatic N) is 4. The van der Waals surface area contributed by atoms with Crippen molar-refractivity contribution in [2.24, 2.45) is 0 Å². The van der Waals surface area contributed by atoms with Gasteiger partial charge in [0.1, 0.15) is 5.82 Å². The largest absolute Gasteiger partial charge is 0.325 e. The third-order valence-electron chi connectivity index (χ3n) is 4.02. The Morgan fingerprint density at radius 1 is 1.11 bits per heavy atom. The van der Waals surface area contributed by atoms with E-state index in [0.717, 1.165) is 11.3 Å². The monoisotopic (exact) mass is 393 g/mol. The third kappa shape index (κ3) is 4.01. The molecule has 2 heterocycles. The van der Waals surface area contributed by atoms with Gasteiger partial charge in [-0.3, -0.25) is 4.79 Å². The summed E-state index contributed by atoms with van der Waals surface area (Å²) in [4.78, 5) is 12.1. The van der Waals surface area contributed by atoms with Gasteiger partial charge in [0, 0.05) is 11.3 Å². The maximum absolute atomic E-state index is 13.2. The molecule has 0 saturated carbocycles. The third-order valence-corrected chi connectivity index (χ3v) is 4.94. The van der Waals surface area contributed by atoms with Gasteiger partial charge in [0.05, 0.1) is 11.4 Å². The Morgan fingerprint density at radius 3 is 2.71 bits per heavy atom. The van der Waals surface area contributed by atoms with Crippen LogP contribution in [0.5, 0.6) is 0 Å². The van der Waals surface area contributed by atoms with E-state index in [4.69, 9.17) is 0 Å². The number of benzene rings is 2. The predicted octanol–water partition coefficient (Wildman–Crippen LogP) is 3.97. The summed E-state index contributed by atoms with van der Waals surface area (Å²) < 4.78 is 14.8. The lowest BCUT2D eigenvalue weighted by molar-refractivity contribution is -0.113. The Morgan fingerprint density at radius 2 is 1.93 bits per heavy atom. The normalized spacial score (nSPS) is 10.9. The molecule has 140 valence electrons. The highest BCUT2D eigenvalue weighted by molar-refractivity contribution is 7.99.